The van der Waals surface area contributed by atoms with Gasteiger partial charge in [0.05, 0.1) is 5.75 Å². The maximum absolute atomic E-state index is 14.5. The topological polar surface area (TPSA) is 67.4 Å². The molecular formula is C20H25FN2O3S. The highest BCUT2D eigenvalue weighted by Gasteiger charge is 2.31. The SMILES string of the molecule is CCS(=O)(=O)NCc1cc2c(cc1F)OC[C@@H](NC)[C@@H]2Cc1ccccc1. The lowest BCUT2D eigenvalue weighted by Gasteiger charge is -2.34. The van der Waals surface area contributed by atoms with E-state index in [-0.39, 0.29) is 24.3 Å². The van der Waals surface area contributed by atoms with E-state index < -0.39 is 15.8 Å². The first kappa shape index (κ1) is 19.8. The van der Waals surface area contributed by atoms with Gasteiger partial charge in [-0.3, -0.25) is 0 Å². The number of hydrogen-bond donors (Lipinski definition) is 2. The highest BCUT2D eigenvalue weighted by molar-refractivity contribution is 7.89. The smallest absolute Gasteiger partial charge is 0.211 e. The van der Waals surface area contributed by atoms with Crippen LogP contribution in [-0.4, -0.2) is 33.9 Å². The van der Waals surface area contributed by atoms with E-state index in [1.807, 2.05) is 25.2 Å². The lowest BCUT2D eigenvalue weighted by molar-refractivity contribution is 0.217. The van der Waals surface area contributed by atoms with Gasteiger partial charge in [0, 0.05) is 30.1 Å². The number of fused-ring (bicyclic) bond motifs is 1. The average molecular weight is 392 g/mol. The van der Waals surface area contributed by atoms with Crippen LogP contribution in [0.3, 0.4) is 0 Å². The quantitative estimate of drug-likeness (QED) is 0.760. The molecular weight excluding hydrogens is 367 g/mol. The van der Waals surface area contributed by atoms with Gasteiger partial charge < -0.3 is 10.1 Å². The summed E-state index contributed by atoms with van der Waals surface area (Å²) in [5, 5.41) is 3.28. The number of sulfonamides is 1. The Morgan fingerprint density at radius 3 is 2.63 bits per heavy atom. The summed E-state index contributed by atoms with van der Waals surface area (Å²) >= 11 is 0. The summed E-state index contributed by atoms with van der Waals surface area (Å²) in [5.41, 5.74) is 2.41. The average Bonchev–Trinajstić information content (AvgIpc) is 2.67. The normalized spacial score (nSPS) is 19.4. The molecule has 7 heteroatoms. The van der Waals surface area contributed by atoms with Crippen molar-refractivity contribution in [3.05, 3.63) is 65.0 Å². The first-order valence-corrected chi connectivity index (χ1v) is 10.7. The fourth-order valence-electron chi connectivity index (χ4n) is 3.38. The van der Waals surface area contributed by atoms with E-state index in [0.29, 0.717) is 17.9 Å². The zero-order valence-corrected chi connectivity index (χ0v) is 16.4. The van der Waals surface area contributed by atoms with E-state index in [2.05, 4.69) is 22.2 Å². The van der Waals surface area contributed by atoms with Crippen LogP contribution in [0.5, 0.6) is 5.75 Å². The van der Waals surface area contributed by atoms with Gasteiger partial charge in [0.2, 0.25) is 10.0 Å². The van der Waals surface area contributed by atoms with Crippen molar-refractivity contribution in [2.75, 3.05) is 19.4 Å². The van der Waals surface area contributed by atoms with Crippen molar-refractivity contribution in [1.29, 1.82) is 0 Å². The molecule has 2 aromatic rings. The number of nitrogens with one attached hydrogen (secondary N) is 2. The van der Waals surface area contributed by atoms with E-state index in [1.54, 1.807) is 13.0 Å². The van der Waals surface area contributed by atoms with E-state index in [9.17, 15) is 12.8 Å². The Kier molecular flexibility index (Phi) is 6.14. The Hall–Kier alpha value is -1.96. The second-order valence-corrected chi connectivity index (χ2v) is 8.80. The van der Waals surface area contributed by atoms with E-state index >= 15 is 0 Å². The van der Waals surface area contributed by atoms with Crippen LogP contribution in [0.25, 0.3) is 0 Å². The summed E-state index contributed by atoms with van der Waals surface area (Å²) in [6.07, 6.45) is 0.786. The summed E-state index contributed by atoms with van der Waals surface area (Å²) in [7, 11) is -1.51. The number of ether oxygens (including phenoxy) is 1. The summed E-state index contributed by atoms with van der Waals surface area (Å²) < 4.78 is 46.1. The molecule has 0 saturated heterocycles. The van der Waals surface area contributed by atoms with Crippen molar-refractivity contribution in [3.63, 3.8) is 0 Å². The summed E-state index contributed by atoms with van der Waals surface area (Å²) in [6, 6.07) is 13.3. The van der Waals surface area contributed by atoms with Crippen LogP contribution in [0, 0.1) is 5.82 Å². The molecule has 1 aliphatic heterocycles. The number of hydrogen-bond acceptors (Lipinski definition) is 4. The maximum atomic E-state index is 14.5. The molecule has 27 heavy (non-hydrogen) atoms. The van der Waals surface area contributed by atoms with Gasteiger partial charge in [0.25, 0.3) is 0 Å². The molecule has 2 aromatic carbocycles. The van der Waals surface area contributed by atoms with E-state index in [4.69, 9.17) is 4.74 Å². The van der Waals surface area contributed by atoms with Crippen molar-refractivity contribution in [3.8, 4) is 5.75 Å². The second kappa shape index (κ2) is 8.37. The Balaban J connectivity index is 1.93. The third-order valence-corrected chi connectivity index (χ3v) is 6.36. The molecule has 1 aliphatic rings. The largest absolute Gasteiger partial charge is 0.492 e. The third kappa shape index (κ3) is 4.66. The van der Waals surface area contributed by atoms with Crippen molar-refractivity contribution in [1.82, 2.24) is 10.0 Å². The third-order valence-electron chi connectivity index (χ3n) is 5.01. The van der Waals surface area contributed by atoms with Crippen molar-refractivity contribution < 1.29 is 17.5 Å². The number of rotatable bonds is 7. The highest BCUT2D eigenvalue weighted by atomic mass is 32.2. The minimum absolute atomic E-state index is 0.0405. The van der Waals surface area contributed by atoms with Gasteiger partial charge in [-0.1, -0.05) is 30.3 Å². The minimum Gasteiger partial charge on any atom is -0.492 e. The molecule has 0 aromatic heterocycles. The van der Waals surface area contributed by atoms with E-state index in [0.717, 1.165) is 12.0 Å². The summed E-state index contributed by atoms with van der Waals surface area (Å²) in [4.78, 5) is 0. The summed E-state index contributed by atoms with van der Waals surface area (Å²) in [6.45, 7) is 1.94. The van der Waals surface area contributed by atoms with Gasteiger partial charge in [-0.2, -0.15) is 0 Å². The molecule has 0 aliphatic carbocycles. The zero-order chi connectivity index (χ0) is 19.4. The van der Waals surface area contributed by atoms with Crippen LogP contribution >= 0.6 is 0 Å². The van der Waals surface area contributed by atoms with Gasteiger partial charge in [0.15, 0.2) is 0 Å². The lowest BCUT2D eigenvalue weighted by atomic mass is 9.83. The van der Waals surface area contributed by atoms with Crippen LogP contribution in [0.4, 0.5) is 4.39 Å². The standard InChI is InChI=1S/C20H25FN2O3S/c1-3-27(24,25)23-12-15-10-17-16(9-14-7-5-4-6-8-14)19(22-2)13-26-20(17)11-18(15)21/h4-8,10-11,16,19,22-23H,3,9,12-13H2,1-2H3/t16-,19-/m1/s1. The highest BCUT2D eigenvalue weighted by Crippen LogP contribution is 2.37. The molecule has 0 bridgehead atoms. The van der Waals surface area contributed by atoms with Crippen LogP contribution in [0.15, 0.2) is 42.5 Å². The minimum atomic E-state index is -3.39. The predicted octanol–water partition coefficient (Wildman–Crippen LogP) is 2.57. The van der Waals surface area contributed by atoms with Gasteiger partial charge >= 0.3 is 0 Å². The zero-order valence-electron chi connectivity index (χ0n) is 15.5. The molecule has 2 atom stereocenters. The molecule has 0 radical (unpaired) electrons. The van der Waals surface area contributed by atoms with Crippen LogP contribution in [0.2, 0.25) is 0 Å². The molecule has 146 valence electrons. The van der Waals surface area contributed by atoms with Crippen LogP contribution in [0.1, 0.15) is 29.5 Å². The second-order valence-electron chi connectivity index (χ2n) is 6.71. The Morgan fingerprint density at radius 1 is 1.22 bits per heavy atom. The van der Waals surface area contributed by atoms with Crippen molar-refractivity contribution in [2.24, 2.45) is 0 Å². The molecule has 0 saturated carbocycles. The first-order chi connectivity index (χ1) is 12.9. The molecule has 2 N–H and O–H groups in total. The number of benzene rings is 2. The van der Waals surface area contributed by atoms with Crippen LogP contribution in [-0.2, 0) is 23.0 Å². The predicted molar refractivity (Wildman–Crippen MR) is 104 cm³/mol. The fourth-order valence-corrected chi connectivity index (χ4v) is 3.96. The van der Waals surface area contributed by atoms with Gasteiger partial charge in [-0.15, -0.1) is 0 Å². The molecule has 5 nitrogen and oxygen atoms in total. The van der Waals surface area contributed by atoms with Crippen molar-refractivity contribution >= 4 is 10.0 Å². The molecule has 3 rings (SSSR count). The number of halogens is 1. The van der Waals surface area contributed by atoms with Crippen molar-refractivity contribution in [2.45, 2.75) is 31.8 Å². The number of likely N-dealkylation sites (N-methyl/N-ethyl adjacent to an activating group) is 1. The Morgan fingerprint density at radius 2 is 1.96 bits per heavy atom. The molecule has 0 fully saturated rings. The Bertz CT molecular complexity index is 888. The van der Waals surface area contributed by atoms with Crippen LogP contribution < -0.4 is 14.8 Å². The lowest BCUT2D eigenvalue weighted by Crippen LogP contribution is -2.41. The van der Waals surface area contributed by atoms with Gasteiger partial charge in [-0.25, -0.2) is 17.5 Å². The molecule has 0 amide bonds. The molecule has 1 heterocycles. The van der Waals surface area contributed by atoms with Gasteiger partial charge in [0.1, 0.15) is 18.2 Å². The Labute approximate surface area is 160 Å². The van der Waals surface area contributed by atoms with Gasteiger partial charge in [-0.05, 0) is 37.6 Å². The molecule has 0 unspecified atom stereocenters. The molecule has 0 spiro atoms. The summed E-state index contributed by atoms with van der Waals surface area (Å²) in [5.74, 6) is 0.125. The fraction of sp³-hybridized carbons (Fsp3) is 0.400. The monoisotopic (exact) mass is 392 g/mol. The maximum Gasteiger partial charge on any atom is 0.211 e. The first-order valence-electron chi connectivity index (χ1n) is 9.07. The van der Waals surface area contributed by atoms with E-state index in [1.165, 1.54) is 11.6 Å².